The number of rotatable bonds is 9. The van der Waals surface area contributed by atoms with E-state index in [-0.39, 0.29) is 12.2 Å². The van der Waals surface area contributed by atoms with Gasteiger partial charge in [-0.25, -0.2) is 13.1 Å². The highest BCUT2D eigenvalue weighted by molar-refractivity contribution is 7.88. The predicted molar refractivity (Wildman–Crippen MR) is 94.8 cm³/mol. The van der Waals surface area contributed by atoms with Crippen LogP contribution >= 0.6 is 0 Å². The molecule has 7 heteroatoms. The molecule has 0 saturated heterocycles. The Hall–Kier alpha value is -2.38. The lowest BCUT2D eigenvalue weighted by Crippen LogP contribution is -2.31. The Balaban J connectivity index is 2.17. The molecule has 0 aromatic heterocycles. The summed E-state index contributed by atoms with van der Waals surface area (Å²) in [5, 5.41) is 9.11. The summed E-state index contributed by atoms with van der Waals surface area (Å²) in [6.45, 7) is 2.38. The predicted octanol–water partition coefficient (Wildman–Crippen LogP) is 2.72. The maximum atomic E-state index is 12.4. The zero-order chi connectivity index (χ0) is 18.3. The van der Waals surface area contributed by atoms with Crippen molar-refractivity contribution in [3.63, 3.8) is 0 Å². The van der Waals surface area contributed by atoms with Crippen LogP contribution in [0.3, 0.4) is 0 Å². The number of benzene rings is 2. The molecule has 0 bridgehead atoms. The molecule has 1 atom stereocenters. The van der Waals surface area contributed by atoms with Crippen LogP contribution in [0.15, 0.2) is 54.6 Å². The van der Waals surface area contributed by atoms with Gasteiger partial charge in [-0.2, -0.15) is 0 Å². The molecule has 2 N–H and O–H groups in total. The van der Waals surface area contributed by atoms with Gasteiger partial charge in [-0.15, -0.1) is 0 Å². The normalized spacial score (nSPS) is 12.5. The highest BCUT2D eigenvalue weighted by atomic mass is 32.2. The molecule has 0 amide bonds. The lowest BCUT2D eigenvalue weighted by atomic mass is 10.0. The van der Waals surface area contributed by atoms with Crippen molar-refractivity contribution < 1.29 is 23.1 Å². The third-order valence-corrected chi connectivity index (χ3v) is 4.85. The first-order valence-corrected chi connectivity index (χ1v) is 9.53. The lowest BCUT2D eigenvalue weighted by Gasteiger charge is -2.18. The zero-order valence-electron chi connectivity index (χ0n) is 13.9. The second-order valence-corrected chi connectivity index (χ2v) is 7.27. The van der Waals surface area contributed by atoms with Gasteiger partial charge < -0.3 is 9.84 Å². The summed E-state index contributed by atoms with van der Waals surface area (Å²) >= 11 is 0. The van der Waals surface area contributed by atoms with Crippen LogP contribution in [0.4, 0.5) is 0 Å². The van der Waals surface area contributed by atoms with Gasteiger partial charge in [-0.05, 0) is 30.2 Å². The first-order valence-electron chi connectivity index (χ1n) is 7.88. The van der Waals surface area contributed by atoms with Crippen LogP contribution in [0.5, 0.6) is 5.75 Å². The van der Waals surface area contributed by atoms with Gasteiger partial charge in [0.15, 0.2) is 0 Å². The molecular weight excluding hydrogens is 342 g/mol. The molecule has 0 unspecified atom stereocenters. The smallest absolute Gasteiger partial charge is 0.305 e. The maximum Gasteiger partial charge on any atom is 0.305 e. The van der Waals surface area contributed by atoms with Gasteiger partial charge in [-0.3, -0.25) is 4.79 Å². The summed E-state index contributed by atoms with van der Waals surface area (Å²) in [6.07, 6.45) is -0.345. The SMILES string of the molecule is CCOc1ccc([C@H](CC(=O)O)NS(=O)(=O)Cc2ccccc2)cc1. The van der Waals surface area contributed by atoms with E-state index in [1.54, 1.807) is 54.6 Å². The van der Waals surface area contributed by atoms with Gasteiger partial charge in [0.2, 0.25) is 10.0 Å². The van der Waals surface area contributed by atoms with Gasteiger partial charge >= 0.3 is 5.97 Å². The largest absolute Gasteiger partial charge is 0.494 e. The van der Waals surface area contributed by atoms with Crippen molar-refractivity contribution in [3.8, 4) is 5.75 Å². The molecule has 0 spiro atoms. The zero-order valence-corrected chi connectivity index (χ0v) is 14.7. The number of hydrogen-bond acceptors (Lipinski definition) is 4. The van der Waals surface area contributed by atoms with Crippen molar-refractivity contribution in [1.82, 2.24) is 4.72 Å². The number of carboxylic acids is 1. The van der Waals surface area contributed by atoms with Crippen LogP contribution in [0.1, 0.15) is 30.5 Å². The third kappa shape index (κ3) is 6.21. The Morgan fingerprint density at radius 2 is 1.76 bits per heavy atom. The van der Waals surface area contributed by atoms with E-state index < -0.39 is 22.0 Å². The quantitative estimate of drug-likeness (QED) is 0.715. The van der Waals surface area contributed by atoms with E-state index in [0.717, 1.165) is 0 Å². The number of carboxylic acid groups (broad SMARTS) is 1. The van der Waals surface area contributed by atoms with E-state index in [2.05, 4.69) is 4.72 Å². The fraction of sp³-hybridized carbons (Fsp3) is 0.278. The molecule has 6 nitrogen and oxygen atoms in total. The third-order valence-electron chi connectivity index (χ3n) is 3.49. The van der Waals surface area contributed by atoms with E-state index >= 15 is 0 Å². The summed E-state index contributed by atoms with van der Waals surface area (Å²) in [5.74, 6) is -0.644. The van der Waals surface area contributed by atoms with Crippen molar-refractivity contribution in [2.75, 3.05) is 6.61 Å². The number of nitrogens with one attached hydrogen (secondary N) is 1. The molecule has 2 rings (SSSR count). The van der Waals surface area contributed by atoms with Gasteiger partial charge in [-0.1, -0.05) is 42.5 Å². The van der Waals surface area contributed by atoms with E-state index in [9.17, 15) is 13.2 Å². The molecule has 0 fully saturated rings. The molecule has 0 radical (unpaired) electrons. The summed E-state index contributed by atoms with van der Waals surface area (Å²) in [4.78, 5) is 11.1. The molecule has 0 saturated carbocycles. The van der Waals surface area contributed by atoms with E-state index in [4.69, 9.17) is 9.84 Å². The number of carbonyl (C=O) groups is 1. The van der Waals surface area contributed by atoms with Crippen LogP contribution in [0, 0.1) is 0 Å². The highest BCUT2D eigenvalue weighted by Gasteiger charge is 2.22. The van der Waals surface area contributed by atoms with Crippen LogP contribution in [-0.2, 0) is 20.6 Å². The summed E-state index contributed by atoms with van der Waals surface area (Å²) in [6, 6.07) is 14.6. The maximum absolute atomic E-state index is 12.4. The average Bonchev–Trinajstić information content (AvgIpc) is 2.55. The number of ether oxygens (including phenoxy) is 1. The average molecular weight is 363 g/mol. The molecule has 25 heavy (non-hydrogen) atoms. The molecule has 0 aliphatic heterocycles. The second kappa shape index (κ2) is 8.64. The fourth-order valence-corrected chi connectivity index (χ4v) is 3.78. The highest BCUT2D eigenvalue weighted by Crippen LogP contribution is 2.22. The van der Waals surface area contributed by atoms with Crippen LogP contribution in [0.25, 0.3) is 0 Å². The number of aliphatic carboxylic acids is 1. The van der Waals surface area contributed by atoms with E-state index in [1.807, 2.05) is 6.92 Å². The van der Waals surface area contributed by atoms with E-state index in [0.29, 0.717) is 23.5 Å². The Labute approximate surface area is 147 Å². The Morgan fingerprint density at radius 3 is 2.32 bits per heavy atom. The van der Waals surface area contributed by atoms with Crippen LogP contribution in [-0.4, -0.2) is 26.1 Å². The van der Waals surface area contributed by atoms with Gasteiger partial charge in [0.25, 0.3) is 0 Å². The summed E-state index contributed by atoms with van der Waals surface area (Å²) in [7, 11) is -3.69. The number of hydrogen-bond donors (Lipinski definition) is 2. The number of sulfonamides is 1. The van der Waals surface area contributed by atoms with Gasteiger partial charge in [0, 0.05) is 0 Å². The summed E-state index contributed by atoms with van der Waals surface area (Å²) < 4.78 is 32.6. The minimum Gasteiger partial charge on any atom is -0.494 e. The van der Waals surface area contributed by atoms with Gasteiger partial charge in [0.1, 0.15) is 5.75 Å². The minimum atomic E-state index is -3.69. The summed E-state index contributed by atoms with van der Waals surface area (Å²) in [5.41, 5.74) is 1.21. The molecular formula is C18H21NO5S. The molecule has 0 heterocycles. The van der Waals surface area contributed by atoms with Crippen molar-refractivity contribution in [1.29, 1.82) is 0 Å². The monoisotopic (exact) mass is 363 g/mol. The Bertz CT molecular complexity index is 788. The minimum absolute atomic E-state index is 0.207. The molecule has 0 aliphatic carbocycles. The second-order valence-electron chi connectivity index (χ2n) is 5.52. The van der Waals surface area contributed by atoms with Crippen LogP contribution < -0.4 is 9.46 Å². The van der Waals surface area contributed by atoms with Gasteiger partial charge in [0.05, 0.1) is 24.8 Å². The van der Waals surface area contributed by atoms with Crippen molar-refractivity contribution in [2.24, 2.45) is 0 Å². The van der Waals surface area contributed by atoms with Crippen molar-refractivity contribution in [2.45, 2.75) is 25.1 Å². The Morgan fingerprint density at radius 1 is 1.12 bits per heavy atom. The Kier molecular flexibility index (Phi) is 6.55. The lowest BCUT2D eigenvalue weighted by molar-refractivity contribution is -0.137. The molecule has 134 valence electrons. The first kappa shape index (κ1) is 19.0. The first-order chi connectivity index (χ1) is 11.9. The fourth-order valence-electron chi connectivity index (χ4n) is 2.42. The molecule has 0 aliphatic rings. The van der Waals surface area contributed by atoms with E-state index in [1.165, 1.54) is 0 Å². The molecule has 2 aromatic rings. The van der Waals surface area contributed by atoms with Crippen LogP contribution in [0.2, 0.25) is 0 Å². The van der Waals surface area contributed by atoms with Crippen molar-refractivity contribution >= 4 is 16.0 Å². The molecule has 2 aromatic carbocycles. The standard InChI is InChI=1S/C18H21NO5S/c1-2-24-16-10-8-15(9-11-16)17(12-18(20)21)19-25(22,23)13-14-6-4-3-5-7-14/h3-11,17,19H,2,12-13H2,1H3,(H,20,21)/t17-/m0/s1. The van der Waals surface area contributed by atoms with Crippen molar-refractivity contribution in [3.05, 3.63) is 65.7 Å². The topological polar surface area (TPSA) is 92.7 Å².